The molecule has 0 rings (SSSR count). The Bertz CT molecular complexity index is 736. The van der Waals surface area contributed by atoms with Gasteiger partial charge in [0.2, 0.25) is 0 Å². The highest BCUT2D eigenvalue weighted by molar-refractivity contribution is 7.86. The first-order chi connectivity index (χ1) is 12.8. The van der Waals surface area contributed by atoms with Crippen LogP contribution in [0.2, 0.25) is 0 Å². The zero-order chi connectivity index (χ0) is 23.5. The van der Waals surface area contributed by atoms with Gasteiger partial charge in [-0.25, -0.2) is 13.2 Å². The Kier molecular flexibility index (Phi) is 8.24. The van der Waals surface area contributed by atoms with Gasteiger partial charge in [-0.3, -0.25) is 4.79 Å². The second-order valence-corrected chi connectivity index (χ2v) is 6.99. The van der Waals surface area contributed by atoms with E-state index in [0.717, 1.165) is 14.1 Å². The zero-order valence-electron chi connectivity index (χ0n) is 14.8. The Balaban J connectivity index is 5.63. The minimum Gasteiger partial charge on any atom is -0.743 e. The molecular weight excluding hydrogens is 447 g/mol. The van der Waals surface area contributed by atoms with Crippen LogP contribution in [0.1, 0.15) is 12.8 Å². The highest BCUT2D eigenvalue weighted by Crippen LogP contribution is 2.42. The third-order valence-electron chi connectivity index (χ3n) is 3.15. The van der Waals surface area contributed by atoms with E-state index in [2.05, 4.69) is 16.1 Å². The number of esters is 1. The highest BCUT2D eigenvalue weighted by Gasteiger charge is 2.67. The van der Waals surface area contributed by atoms with Crippen molar-refractivity contribution in [2.45, 2.75) is 36.0 Å². The molecule has 8 nitrogen and oxygen atoms in total. The first kappa shape index (κ1) is 27.1. The number of hydrogen-bond donors (Lipinski definition) is 0. The lowest BCUT2D eigenvalue weighted by atomic mass is 10.2. The third kappa shape index (κ3) is 5.79. The normalized spacial score (nSPS) is 15.4. The molecule has 0 saturated heterocycles. The van der Waals surface area contributed by atoms with Gasteiger partial charge in [0.1, 0.15) is 0 Å². The number of nitrogens with zero attached hydrogens (tertiary/aromatic N) is 1. The first-order valence-corrected chi connectivity index (χ1v) is 8.66. The molecule has 0 saturated carbocycles. The molecule has 0 aromatic carbocycles. The van der Waals surface area contributed by atoms with E-state index in [0.29, 0.717) is 0 Å². The van der Waals surface area contributed by atoms with Crippen LogP contribution in [0, 0.1) is 0 Å². The molecule has 170 valence electrons. The molecule has 0 heterocycles. The zero-order valence-corrected chi connectivity index (χ0v) is 15.6. The number of carbonyl (C=O) groups excluding carboxylic acids is 2. The molecule has 29 heavy (non-hydrogen) atoms. The molecule has 0 bridgehead atoms. The molecule has 0 N–H and O–H groups in total. The van der Waals surface area contributed by atoms with Gasteiger partial charge in [0.15, 0.2) is 10.1 Å². The molecule has 1 atom stereocenters. The van der Waals surface area contributed by atoms with Crippen molar-refractivity contribution in [2.24, 2.45) is 0 Å². The summed E-state index contributed by atoms with van der Waals surface area (Å²) in [6.45, 7) is 1.30. The quantitative estimate of drug-likeness (QED) is 0.121. The van der Waals surface area contributed by atoms with E-state index in [-0.39, 0.29) is 11.0 Å². The van der Waals surface area contributed by atoms with Gasteiger partial charge in [-0.1, -0.05) is 6.58 Å². The van der Waals surface area contributed by atoms with Gasteiger partial charge in [-0.05, 0) is 6.42 Å². The van der Waals surface area contributed by atoms with Gasteiger partial charge < -0.3 is 18.9 Å². The summed E-state index contributed by atoms with van der Waals surface area (Å²) in [6, 6.07) is 0. The Morgan fingerprint density at radius 3 is 1.93 bits per heavy atom. The van der Waals surface area contributed by atoms with Crippen LogP contribution in [0.25, 0.3) is 0 Å². The van der Waals surface area contributed by atoms with Gasteiger partial charge in [0.05, 0.1) is 6.61 Å². The molecular formula is C13H15F7NO7S-. The molecule has 1 unspecified atom stereocenters. The number of halogens is 7. The van der Waals surface area contributed by atoms with Gasteiger partial charge >= 0.3 is 35.0 Å². The van der Waals surface area contributed by atoms with Crippen molar-refractivity contribution in [2.75, 3.05) is 20.7 Å². The summed E-state index contributed by atoms with van der Waals surface area (Å²) in [7, 11) is -5.17. The number of ether oxygens (including phenoxy) is 2. The largest absolute Gasteiger partial charge is 0.743 e. The number of rotatable bonds is 10. The van der Waals surface area contributed by atoms with Crippen molar-refractivity contribution in [3.8, 4) is 0 Å². The smallest absolute Gasteiger partial charge is 0.466 e. The minimum absolute atomic E-state index is 0.237. The second kappa shape index (κ2) is 8.83. The highest BCUT2D eigenvalue weighted by atomic mass is 32.2. The fraction of sp³-hybridized carbons (Fsp3) is 0.692. The van der Waals surface area contributed by atoms with E-state index in [1.165, 1.54) is 0 Å². The number of carbonyl (C=O) groups is 2. The van der Waals surface area contributed by atoms with Crippen LogP contribution in [-0.4, -0.2) is 73.6 Å². The van der Waals surface area contributed by atoms with Gasteiger partial charge in [0.25, 0.3) is 0 Å². The molecule has 0 aromatic rings. The molecule has 0 aliphatic rings. The topological polar surface area (TPSA) is 113 Å². The van der Waals surface area contributed by atoms with Crippen LogP contribution < -0.4 is 0 Å². The standard InChI is InChI=1S/C13H16F7NO7S/c1-4-8(22)28-11(12(16,17)18,9(23)21(2)3)27-7-5-6-10(14,15)13(19,20)29(24,25)26/h4H,1,5-7H2,2-3H3,(H,24,25,26)/p-1. The average Bonchev–Trinajstić information content (AvgIpc) is 2.54. The van der Waals surface area contributed by atoms with Crippen molar-refractivity contribution >= 4 is 22.0 Å². The van der Waals surface area contributed by atoms with Crippen LogP contribution in [-0.2, 0) is 29.2 Å². The summed E-state index contributed by atoms with van der Waals surface area (Å²) in [5, 5.41) is -6.05. The summed E-state index contributed by atoms with van der Waals surface area (Å²) in [4.78, 5) is 23.4. The predicted molar refractivity (Wildman–Crippen MR) is 78.5 cm³/mol. The van der Waals surface area contributed by atoms with Crippen molar-refractivity contribution in [1.82, 2.24) is 4.90 Å². The predicted octanol–water partition coefficient (Wildman–Crippen LogP) is 1.63. The number of alkyl halides is 7. The lowest BCUT2D eigenvalue weighted by molar-refractivity contribution is -0.350. The first-order valence-electron chi connectivity index (χ1n) is 7.25. The van der Waals surface area contributed by atoms with E-state index in [1.807, 2.05) is 0 Å². The van der Waals surface area contributed by atoms with Crippen LogP contribution in [0.3, 0.4) is 0 Å². The van der Waals surface area contributed by atoms with Gasteiger partial charge in [-0.15, -0.1) is 0 Å². The van der Waals surface area contributed by atoms with Gasteiger partial charge in [0, 0.05) is 26.6 Å². The van der Waals surface area contributed by atoms with Gasteiger partial charge in [-0.2, -0.15) is 30.7 Å². The molecule has 0 aromatic heterocycles. The summed E-state index contributed by atoms with van der Waals surface area (Å²) >= 11 is 0. The maximum Gasteiger partial charge on any atom is 0.466 e. The van der Waals surface area contributed by atoms with Crippen LogP contribution in [0.5, 0.6) is 0 Å². The average molecular weight is 462 g/mol. The van der Waals surface area contributed by atoms with E-state index in [4.69, 9.17) is 0 Å². The Morgan fingerprint density at radius 2 is 1.59 bits per heavy atom. The fourth-order valence-corrected chi connectivity index (χ4v) is 2.18. The van der Waals surface area contributed by atoms with Crippen LogP contribution >= 0.6 is 0 Å². The second-order valence-electron chi connectivity index (χ2n) is 5.57. The molecule has 0 aliphatic carbocycles. The molecule has 1 amide bonds. The van der Waals surface area contributed by atoms with Crippen LogP contribution in [0.15, 0.2) is 12.7 Å². The lowest BCUT2D eigenvalue weighted by Gasteiger charge is -2.34. The molecule has 16 heteroatoms. The lowest BCUT2D eigenvalue weighted by Crippen LogP contribution is -2.61. The van der Waals surface area contributed by atoms with Crippen molar-refractivity contribution in [3.63, 3.8) is 0 Å². The van der Waals surface area contributed by atoms with Crippen molar-refractivity contribution < 1.29 is 62.8 Å². The van der Waals surface area contributed by atoms with Crippen molar-refractivity contribution in [3.05, 3.63) is 12.7 Å². The summed E-state index contributed by atoms with van der Waals surface area (Å²) in [5.74, 6) is -13.6. The molecule has 0 fully saturated rings. The summed E-state index contributed by atoms with van der Waals surface area (Å²) in [5.41, 5.74) is 0. The maximum atomic E-state index is 13.4. The summed E-state index contributed by atoms with van der Waals surface area (Å²) in [6.07, 6.45) is -9.00. The number of hydrogen-bond acceptors (Lipinski definition) is 7. The van der Waals surface area contributed by atoms with E-state index in [1.54, 1.807) is 0 Å². The molecule has 0 aliphatic heterocycles. The fourth-order valence-electron chi connectivity index (χ4n) is 1.71. The minimum atomic E-state index is -6.79. The number of likely N-dealkylation sites (N-methyl/N-ethyl adjacent to an activating group) is 1. The SMILES string of the molecule is C=CC(=O)OC(OCCCC(F)(F)C(F)(F)S(=O)(=O)[O-])(C(=O)N(C)C)C(F)(F)F. The van der Waals surface area contributed by atoms with Crippen molar-refractivity contribution in [1.29, 1.82) is 0 Å². The van der Waals surface area contributed by atoms with E-state index >= 15 is 0 Å². The molecule has 0 radical (unpaired) electrons. The Labute approximate surface area is 160 Å². The maximum absolute atomic E-state index is 13.4. The monoisotopic (exact) mass is 462 g/mol. The Hall–Kier alpha value is -1.94. The third-order valence-corrected chi connectivity index (χ3v) is 4.08. The van der Waals surface area contributed by atoms with Crippen LogP contribution in [0.4, 0.5) is 30.7 Å². The Morgan fingerprint density at radius 1 is 1.10 bits per heavy atom. The summed E-state index contributed by atoms with van der Waals surface area (Å²) < 4.78 is 132. The molecule has 0 spiro atoms. The van der Waals surface area contributed by atoms with E-state index in [9.17, 15) is 53.3 Å². The van der Waals surface area contributed by atoms with E-state index < -0.39 is 64.6 Å². The number of amides is 1.